The quantitative estimate of drug-likeness (QED) is 0.695. The van der Waals surface area contributed by atoms with Crippen LogP contribution in [-0.2, 0) is 17.6 Å². The minimum absolute atomic E-state index is 0.145. The fourth-order valence-electron chi connectivity index (χ4n) is 4.02. The third-order valence-corrected chi connectivity index (χ3v) is 5.90. The van der Waals surface area contributed by atoms with Crippen LogP contribution in [0, 0.1) is 13.8 Å². The maximum Gasteiger partial charge on any atom is 0.271 e. The summed E-state index contributed by atoms with van der Waals surface area (Å²) in [6, 6.07) is 15.1. The smallest absolute Gasteiger partial charge is 0.271 e. The van der Waals surface area contributed by atoms with E-state index < -0.39 is 6.04 Å². The first kappa shape index (κ1) is 20.1. The van der Waals surface area contributed by atoms with Gasteiger partial charge >= 0.3 is 0 Å². The number of nitrogens with one attached hydrogen (secondary N) is 1. The van der Waals surface area contributed by atoms with Gasteiger partial charge in [-0.1, -0.05) is 48.0 Å². The summed E-state index contributed by atoms with van der Waals surface area (Å²) in [5.74, 6) is -0.246. The van der Waals surface area contributed by atoms with Crippen LogP contribution in [0.1, 0.15) is 48.1 Å². The van der Waals surface area contributed by atoms with Crippen LogP contribution in [0.5, 0.6) is 0 Å². The Labute approximate surface area is 176 Å². The number of carbonyl (C=O) groups excluding carboxylic acids is 1. The van der Waals surface area contributed by atoms with E-state index in [-0.39, 0.29) is 11.5 Å². The van der Waals surface area contributed by atoms with Gasteiger partial charge in [0.2, 0.25) is 5.91 Å². The van der Waals surface area contributed by atoms with Crippen LogP contribution in [0.4, 0.5) is 5.69 Å². The lowest BCUT2D eigenvalue weighted by molar-refractivity contribution is -0.119. The van der Waals surface area contributed by atoms with Gasteiger partial charge in [-0.15, -0.1) is 0 Å². The third kappa shape index (κ3) is 3.80. The maximum atomic E-state index is 13.2. The van der Waals surface area contributed by atoms with Crippen molar-refractivity contribution < 1.29 is 4.79 Å². The van der Waals surface area contributed by atoms with Crippen molar-refractivity contribution in [3.8, 4) is 11.3 Å². The molecule has 0 spiro atoms. The van der Waals surface area contributed by atoms with E-state index in [9.17, 15) is 9.59 Å². The number of fused-ring (bicyclic) bond motifs is 1. The molecule has 0 aliphatic heterocycles. The predicted octanol–water partition coefficient (Wildman–Crippen LogP) is 4.61. The minimum Gasteiger partial charge on any atom is -0.324 e. The number of hydrogen-bond donors (Lipinski definition) is 1. The number of hydrogen-bond acceptors (Lipinski definition) is 3. The summed E-state index contributed by atoms with van der Waals surface area (Å²) in [6.07, 6.45) is 3.64. The number of para-hydroxylation sites is 1. The number of amides is 1. The van der Waals surface area contributed by atoms with Crippen LogP contribution in [0.2, 0.25) is 0 Å². The standard InChI is InChI=1S/C25H27N3O2/c1-16-12-14-19(15-13-16)23-20-9-5-6-10-21(20)25(30)28(27-23)18(3)24(29)26-22-11-7-4-8-17(22)2/h4,7-8,11-15,18H,5-6,9-10H2,1-3H3,(H,26,29)/t18-/m0/s1. The first-order valence-corrected chi connectivity index (χ1v) is 10.5. The van der Waals surface area contributed by atoms with Crippen LogP contribution in [-0.4, -0.2) is 15.7 Å². The van der Waals surface area contributed by atoms with E-state index >= 15 is 0 Å². The molecule has 3 aromatic rings. The first-order chi connectivity index (χ1) is 14.5. The largest absolute Gasteiger partial charge is 0.324 e. The Hall–Kier alpha value is -3.21. The fourth-order valence-corrected chi connectivity index (χ4v) is 4.02. The molecule has 2 aromatic carbocycles. The van der Waals surface area contributed by atoms with Gasteiger partial charge in [0, 0.05) is 16.8 Å². The van der Waals surface area contributed by atoms with Crippen molar-refractivity contribution in [2.75, 3.05) is 5.32 Å². The highest BCUT2D eigenvalue weighted by Gasteiger charge is 2.25. The lowest BCUT2D eigenvalue weighted by Crippen LogP contribution is -2.37. The third-order valence-electron chi connectivity index (χ3n) is 5.90. The van der Waals surface area contributed by atoms with Crippen molar-refractivity contribution in [3.63, 3.8) is 0 Å². The Morgan fingerprint density at radius 1 is 1.00 bits per heavy atom. The number of rotatable bonds is 4. The molecule has 1 aliphatic carbocycles. The lowest BCUT2D eigenvalue weighted by atomic mass is 9.89. The van der Waals surface area contributed by atoms with Gasteiger partial charge in [0.15, 0.2) is 0 Å². The number of benzene rings is 2. The molecule has 0 saturated heterocycles. The highest BCUT2D eigenvalue weighted by molar-refractivity contribution is 5.94. The summed E-state index contributed by atoms with van der Waals surface area (Å²) < 4.78 is 1.37. The molecule has 1 heterocycles. The average Bonchev–Trinajstić information content (AvgIpc) is 2.76. The number of aromatic nitrogens is 2. The second-order valence-electron chi connectivity index (χ2n) is 8.11. The van der Waals surface area contributed by atoms with E-state index in [2.05, 4.69) is 17.4 Å². The zero-order valence-electron chi connectivity index (χ0n) is 17.7. The number of carbonyl (C=O) groups is 1. The van der Waals surface area contributed by atoms with E-state index in [1.165, 1.54) is 10.2 Å². The maximum absolute atomic E-state index is 13.2. The summed E-state index contributed by atoms with van der Waals surface area (Å²) >= 11 is 0. The number of nitrogens with zero attached hydrogens (tertiary/aromatic N) is 2. The molecule has 0 saturated carbocycles. The zero-order valence-corrected chi connectivity index (χ0v) is 17.7. The van der Waals surface area contributed by atoms with E-state index in [4.69, 9.17) is 5.10 Å². The van der Waals surface area contributed by atoms with Gasteiger partial charge in [0.1, 0.15) is 6.04 Å². The molecule has 1 amide bonds. The monoisotopic (exact) mass is 401 g/mol. The van der Waals surface area contributed by atoms with Crippen LogP contribution in [0.3, 0.4) is 0 Å². The minimum atomic E-state index is -0.714. The summed E-state index contributed by atoms with van der Waals surface area (Å²) in [7, 11) is 0. The molecule has 1 aliphatic rings. The summed E-state index contributed by atoms with van der Waals surface area (Å²) in [6.45, 7) is 5.72. The van der Waals surface area contributed by atoms with E-state index in [0.717, 1.165) is 59.3 Å². The van der Waals surface area contributed by atoms with Gasteiger partial charge in [-0.3, -0.25) is 9.59 Å². The van der Waals surface area contributed by atoms with Crippen molar-refractivity contribution in [2.24, 2.45) is 0 Å². The molecular formula is C25H27N3O2. The van der Waals surface area contributed by atoms with Crippen molar-refractivity contribution in [1.29, 1.82) is 0 Å². The van der Waals surface area contributed by atoms with Crippen LogP contribution in [0.25, 0.3) is 11.3 Å². The topological polar surface area (TPSA) is 64.0 Å². The van der Waals surface area contributed by atoms with Crippen LogP contribution < -0.4 is 10.9 Å². The van der Waals surface area contributed by atoms with Crippen LogP contribution in [0.15, 0.2) is 53.3 Å². The SMILES string of the molecule is Cc1ccc(-c2nn([C@@H](C)C(=O)Nc3ccccc3C)c(=O)c3c2CCCC3)cc1. The first-order valence-electron chi connectivity index (χ1n) is 10.5. The van der Waals surface area contributed by atoms with E-state index in [0.29, 0.717) is 0 Å². The van der Waals surface area contributed by atoms with Crippen molar-refractivity contribution in [2.45, 2.75) is 52.5 Å². The van der Waals surface area contributed by atoms with Gasteiger partial charge in [-0.2, -0.15) is 5.10 Å². The second-order valence-corrected chi connectivity index (χ2v) is 8.11. The molecule has 5 heteroatoms. The highest BCUT2D eigenvalue weighted by Crippen LogP contribution is 2.29. The molecule has 1 aromatic heterocycles. The molecule has 154 valence electrons. The van der Waals surface area contributed by atoms with Gasteiger partial charge in [-0.25, -0.2) is 4.68 Å². The van der Waals surface area contributed by atoms with Gasteiger partial charge in [0.05, 0.1) is 5.69 Å². The highest BCUT2D eigenvalue weighted by atomic mass is 16.2. The Bertz CT molecular complexity index is 1150. The lowest BCUT2D eigenvalue weighted by Gasteiger charge is -2.23. The molecule has 30 heavy (non-hydrogen) atoms. The summed E-state index contributed by atoms with van der Waals surface area (Å²) in [5, 5.41) is 7.66. The fraction of sp³-hybridized carbons (Fsp3) is 0.320. The average molecular weight is 402 g/mol. The predicted molar refractivity (Wildman–Crippen MR) is 120 cm³/mol. The van der Waals surface area contributed by atoms with E-state index in [1.54, 1.807) is 6.92 Å². The molecule has 0 bridgehead atoms. The van der Waals surface area contributed by atoms with Crippen molar-refractivity contribution >= 4 is 11.6 Å². The summed E-state index contributed by atoms with van der Waals surface area (Å²) in [4.78, 5) is 26.2. The van der Waals surface area contributed by atoms with Crippen molar-refractivity contribution in [3.05, 3.63) is 81.1 Å². The Morgan fingerprint density at radius 2 is 1.67 bits per heavy atom. The molecule has 0 radical (unpaired) electrons. The molecule has 1 atom stereocenters. The Morgan fingerprint density at radius 3 is 2.37 bits per heavy atom. The summed E-state index contributed by atoms with van der Waals surface area (Å²) in [5.41, 5.74) is 6.40. The Balaban J connectivity index is 1.76. The zero-order chi connectivity index (χ0) is 21.3. The van der Waals surface area contributed by atoms with Gasteiger partial charge < -0.3 is 5.32 Å². The molecule has 4 rings (SSSR count). The van der Waals surface area contributed by atoms with Crippen molar-refractivity contribution in [1.82, 2.24) is 9.78 Å². The van der Waals surface area contributed by atoms with Gasteiger partial charge in [0.25, 0.3) is 5.56 Å². The van der Waals surface area contributed by atoms with Crippen LogP contribution >= 0.6 is 0 Å². The normalized spacial score (nSPS) is 14.1. The molecule has 5 nitrogen and oxygen atoms in total. The number of anilines is 1. The Kier molecular flexibility index (Phi) is 5.53. The second kappa shape index (κ2) is 8.27. The number of aryl methyl sites for hydroxylation is 2. The molecule has 1 N–H and O–H groups in total. The van der Waals surface area contributed by atoms with Gasteiger partial charge in [-0.05, 0) is 63.6 Å². The molecule has 0 fully saturated rings. The molecular weight excluding hydrogens is 374 g/mol. The molecule has 0 unspecified atom stereocenters. The van der Waals surface area contributed by atoms with E-state index in [1.807, 2.05) is 50.2 Å².